The molecule has 1 fully saturated rings. The van der Waals surface area contributed by atoms with Gasteiger partial charge in [-0.2, -0.15) is 0 Å². The zero-order valence-corrected chi connectivity index (χ0v) is 7.20. The van der Waals surface area contributed by atoms with Crippen molar-refractivity contribution in [1.29, 1.82) is 0 Å². The van der Waals surface area contributed by atoms with Crippen LogP contribution in [0.2, 0.25) is 0 Å². The van der Waals surface area contributed by atoms with Gasteiger partial charge in [-0.3, -0.25) is 4.79 Å². The molecule has 0 spiro atoms. The lowest BCUT2D eigenvalue weighted by atomic mass is 10.2. The molecular weight excluding hydrogens is 146 g/mol. The van der Waals surface area contributed by atoms with Gasteiger partial charge in [-0.25, -0.2) is 0 Å². The average Bonchev–Trinajstić information content (AvgIpc) is 2.13. The van der Waals surface area contributed by atoms with Crippen molar-refractivity contribution in [2.75, 3.05) is 0 Å². The van der Waals surface area contributed by atoms with Gasteiger partial charge in [-0.05, 0) is 12.8 Å². The zero-order valence-electron chi connectivity index (χ0n) is 6.39. The standard InChI is InChI=1S/C7H13NOS/c1-5-3-4-7(10-5)8-6(2)9/h5,7H,3-4H2,1-2H3,(H,8,9). The third-order valence-corrected chi connectivity index (χ3v) is 2.98. The van der Waals surface area contributed by atoms with Gasteiger partial charge in [-0.15, -0.1) is 11.8 Å². The Morgan fingerprint density at radius 3 is 2.70 bits per heavy atom. The summed E-state index contributed by atoms with van der Waals surface area (Å²) in [7, 11) is 0. The zero-order chi connectivity index (χ0) is 7.56. The van der Waals surface area contributed by atoms with Gasteiger partial charge in [0.15, 0.2) is 0 Å². The second-order valence-electron chi connectivity index (χ2n) is 2.71. The first-order chi connectivity index (χ1) is 4.68. The van der Waals surface area contributed by atoms with Crippen LogP contribution in [0.5, 0.6) is 0 Å². The minimum absolute atomic E-state index is 0.0894. The van der Waals surface area contributed by atoms with Crippen LogP contribution in [0.4, 0.5) is 0 Å². The molecule has 1 aliphatic heterocycles. The Kier molecular flexibility index (Phi) is 2.60. The minimum Gasteiger partial charge on any atom is -0.345 e. The molecule has 1 N–H and O–H groups in total. The number of carbonyl (C=O) groups is 1. The third kappa shape index (κ3) is 2.21. The van der Waals surface area contributed by atoms with Crippen molar-refractivity contribution < 1.29 is 4.79 Å². The van der Waals surface area contributed by atoms with Crippen molar-refractivity contribution in [1.82, 2.24) is 5.32 Å². The van der Waals surface area contributed by atoms with E-state index in [1.807, 2.05) is 11.8 Å². The highest BCUT2D eigenvalue weighted by Crippen LogP contribution is 2.31. The monoisotopic (exact) mass is 159 g/mol. The molecule has 0 aromatic carbocycles. The van der Waals surface area contributed by atoms with E-state index in [4.69, 9.17) is 0 Å². The highest BCUT2D eigenvalue weighted by Gasteiger charge is 2.21. The Balaban J connectivity index is 2.24. The molecule has 0 aromatic heterocycles. The molecule has 1 heterocycles. The fraction of sp³-hybridized carbons (Fsp3) is 0.857. The lowest BCUT2D eigenvalue weighted by Gasteiger charge is -2.08. The molecule has 3 heteroatoms. The lowest BCUT2D eigenvalue weighted by molar-refractivity contribution is -0.119. The highest BCUT2D eigenvalue weighted by atomic mass is 32.2. The average molecular weight is 159 g/mol. The van der Waals surface area contributed by atoms with E-state index in [-0.39, 0.29) is 5.91 Å². The fourth-order valence-electron chi connectivity index (χ4n) is 1.14. The summed E-state index contributed by atoms with van der Waals surface area (Å²) in [5.41, 5.74) is 0. The normalized spacial score (nSPS) is 32.2. The fourth-order valence-corrected chi connectivity index (χ4v) is 2.47. The summed E-state index contributed by atoms with van der Waals surface area (Å²) in [5.74, 6) is 0.0894. The quantitative estimate of drug-likeness (QED) is 0.626. The van der Waals surface area contributed by atoms with Crippen molar-refractivity contribution in [3.05, 3.63) is 0 Å². The van der Waals surface area contributed by atoms with E-state index in [9.17, 15) is 4.79 Å². The predicted octanol–water partition coefficient (Wildman–Crippen LogP) is 1.36. The lowest BCUT2D eigenvalue weighted by Crippen LogP contribution is -2.28. The second-order valence-corrected chi connectivity index (χ2v) is 4.36. The number of thioether (sulfide) groups is 1. The first-order valence-electron chi connectivity index (χ1n) is 3.61. The molecule has 58 valence electrons. The Morgan fingerprint density at radius 1 is 1.60 bits per heavy atom. The van der Waals surface area contributed by atoms with Crippen LogP contribution in [-0.4, -0.2) is 16.5 Å². The van der Waals surface area contributed by atoms with Crippen LogP contribution >= 0.6 is 11.8 Å². The molecule has 0 bridgehead atoms. The number of hydrogen-bond donors (Lipinski definition) is 1. The number of amides is 1. The van der Waals surface area contributed by atoms with E-state index in [0.717, 1.165) is 11.7 Å². The Hall–Kier alpha value is -0.180. The Labute approximate surface area is 65.8 Å². The summed E-state index contributed by atoms with van der Waals surface area (Å²) in [6.07, 6.45) is 2.36. The van der Waals surface area contributed by atoms with E-state index in [1.54, 1.807) is 6.92 Å². The Bertz CT molecular complexity index is 138. The number of hydrogen-bond acceptors (Lipinski definition) is 2. The Morgan fingerprint density at radius 2 is 2.30 bits per heavy atom. The molecule has 10 heavy (non-hydrogen) atoms. The first-order valence-corrected chi connectivity index (χ1v) is 4.55. The molecule has 0 radical (unpaired) electrons. The maximum atomic E-state index is 10.6. The van der Waals surface area contributed by atoms with Crippen LogP contribution in [0.15, 0.2) is 0 Å². The van der Waals surface area contributed by atoms with Crippen molar-refractivity contribution in [2.24, 2.45) is 0 Å². The summed E-state index contributed by atoms with van der Waals surface area (Å²) >= 11 is 1.86. The number of nitrogens with one attached hydrogen (secondary N) is 1. The van der Waals surface area contributed by atoms with E-state index in [0.29, 0.717) is 5.37 Å². The topological polar surface area (TPSA) is 29.1 Å². The maximum Gasteiger partial charge on any atom is 0.217 e. The van der Waals surface area contributed by atoms with Crippen molar-refractivity contribution in [3.8, 4) is 0 Å². The summed E-state index contributed by atoms with van der Waals surface area (Å²) in [5, 5.41) is 4.00. The van der Waals surface area contributed by atoms with Crippen molar-refractivity contribution >= 4 is 17.7 Å². The van der Waals surface area contributed by atoms with Crippen LogP contribution in [-0.2, 0) is 4.79 Å². The van der Waals surface area contributed by atoms with Crippen LogP contribution in [0.3, 0.4) is 0 Å². The van der Waals surface area contributed by atoms with Crippen LogP contribution in [0.1, 0.15) is 26.7 Å². The van der Waals surface area contributed by atoms with Gasteiger partial charge >= 0.3 is 0 Å². The van der Waals surface area contributed by atoms with Gasteiger partial charge in [0, 0.05) is 12.2 Å². The third-order valence-electron chi connectivity index (χ3n) is 1.60. The highest BCUT2D eigenvalue weighted by molar-refractivity contribution is 8.00. The molecule has 1 saturated heterocycles. The maximum absolute atomic E-state index is 10.6. The predicted molar refractivity (Wildman–Crippen MR) is 43.9 cm³/mol. The molecule has 1 rings (SSSR count). The number of rotatable bonds is 1. The molecule has 1 amide bonds. The smallest absolute Gasteiger partial charge is 0.217 e. The van der Waals surface area contributed by atoms with Crippen LogP contribution < -0.4 is 5.32 Å². The minimum atomic E-state index is 0.0894. The second kappa shape index (κ2) is 3.28. The molecule has 1 aliphatic rings. The number of carbonyl (C=O) groups excluding carboxylic acids is 1. The summed E-state index contributed by atoms with van der Waals surface area (Å²) in [4.78, 5) is 10.6. The van der Waals surface area contributed by atoms with Crippen molar-refractivity contribution in [3.63, 3.8) is 0 Å². The van der Waals surface area contributed by atoms with Gasteiger partial charge in [-0.1, -0.05) is 6.92 Å². The van der Waals surface area contributed by atoms with Gasteiger partial charge in [0.25, 0.3) is 0 Å². The molecule has 2 nitrogen and oxygen atoms in total. The molecule has 0 saturated carbocycles. The van der Waals surface area contributed by atoms with Gasteiger partial charge in [0.1, 0.15) is 0 Å². The molecule has 2 atom stereocenters. The molecule has 0 aliphatic carbocycles. The van der Waals surface area contributed by atoms with Crippen LogP contribution in [0.25, 0.3) is 0 Å². The van der Waals surface area contributed by atoms with Gasteiger partial charge < -0.3 is 5.32 Å². The molecule has 2 unspecified atom stereocenters. The van der Waals surface area contributed by atoms with E-state index < -0.39 is 0 Å². The summed E-state index contributed by atoms with van der Waals surface area (Å²) < 4.78 is 0. The largest absolute Gasteiger partial charge is 0.345 e. The van der Waals surface area contributed by atoms with E-state index >= 15 is 0 Å². The first kappa shape index (κ1) is 7.92. The summed E-state index contributed by atoms with van der Waals surface area (Å²) in [6.45, 7) is 3.77. The van der Waals surface area contributed by atoms with Crippen molar-refractivity contribution in [2.45, 2.75) is 37.3 Å². The van der Waals surface area contributed by atoms with Crippen LogP contribution in [0, 0.1) is 0 Å². The SMILES string of the molecule is CC(=O)NC1CCC(C)S1. The molecular formula is C7H13NOS. The van der Waals surface area contributed by atoms with E-state index in [1.165, 1.54) is 6.42 Å². The summed E-state index contributed by atoms with van der Waals surface area (Å²) in [6, 6.07) is 0. The van der Waals surface area contributed by atoms with Gasteiger partial charge in [0.2, 0.25) is 5.91 Å². The molecule has 0 aromatic rings. The van der Waals surface area contributed by atoms with E-state index in [2.05, 4.69) is 12.2 Å². The van der Waals surface area contributed by atoms with Gasteiger partial charge in [0.05, 0.1) is 5.37 Å².